The minimum atomic E-state index is -0.438. The molecule has 0 radical (unpaired) electrons. The molecule has 0 saturated heterocycles. The van der Waals surface area contributed by atoms with Crippen LogP contribution in [0.3, 0.4) is 0 Å². The van der Waals surface area contributed by atoms with Crippen molar-refractivity contribution in [3.05, 3.63) is 74.4 Å². The predicted octanol–water partition coefficient (Wildman–Crippen LogP) is 4.65. The maximum Gasteiger partial charge on any atom is 0.268 e. The molecule has 0 aliphatic heterocycles. The highest BCUT2D eigenvalue weighted by Gasteiger charge is 2.12. The Morgan fingerprint density at radius 1 is 1.32 bits per heavy atom. The Kier molecular flexibility index (Phi) is 5.39. The molecule has 0 fully saturated rings. The maximum absolute atomic E-state index is 12.2. The van der Waals surface area contributed by atoms with E-state index in [9.17, 15) is 10.1 Å². The third-order valence-electron chi connectivity index (χ3n) is 3.47. The van der Waals surface area contributed by atoms with Crippen LogP contribution in [0.25, 0.3) is 6.08 Å². The summed E-state index contributed by atoms with van der Waals surface area (Å²) in [7, 11) is 0. The van der Waals surface area contributed by atoms with E-state index in [2.05, 4.69) is 41.5 Å². The van der Waals surface area contributed by atoms with Crippen LogP contribution < -0.4 is 5.32 Å². The number of nitriles is 1. The predicted molar refractivity (Wildman–Crippen MR) is 103 cm³/mol. The van der Waals surface area contributed by atoms with E-state index < -0.39 is 5.91 Å². The van der Waals surface area contributed by atoms with Crippen molar-refractivity contribution in [3.8, 4) is 6.07 Å². The molecule has 2 aromatic heterocycles. The van der Waals surface area contributed by atoms with Crippen molar-refractivity contribution in [3.63, 3.8) is 0 Å². The van der Waals surface area contributed by atoms with Crippen molar-refractivity contribution in [2.45, 2.75) is 13.3 Å². The Morgan fingerprint density at radius 3 is 2.80 bits per heavy atom. The zero-order valence-electron chi connectivity index (χ0n) is 13.5. The fraction of sp³-hybridized carbons (Fsp3) is 0.105. The lowest BCUT2D eigenvalue weighted by Crippen LogP contribution is -2.13. The number of thiophene rings is 1. The first kappa shape index (κ1) is 17.1. The second-order valence-corrected chi connectivity index (χ2v) is 7.53. The highest BCUT2D eigenvalue weighted by molar-refractivity contribution is 7.15. The fourth-order valence-corrected chi connectivity index (χ4v) is 3.68. The monoisotopic (exact) mass is 365 g/mol. The topological polar surface area (TPSA) is 65.8 Å². The number of rotatable bonds is 5. The van der Waals surface area contributed by atoms with Crippen LogP contribution in [0, 0.1) is 18.3 Å². The molecule has 0 saturated carbocycles. The minimum absolute atomic E-state index is 0.0673. The molecule has 3 rings (SSSR count). The summed E-state index contributed by atoms with van der Waals surface area (Å²) in [5, 5.41) is 14.3. The molecule has 0 aliphatic rings. The molecule has 0 atom stereocenters. The summed E-state index contributed by atoms with van der Waals surface area (Å²) in [6.45, 7) is 2.06. The summed E-state index contributed by atoms with van der Waals surface area (Å²) >= 11 is 2.90. The second-order valence-electron chi connectivity index (χ2n) is 5.43. The molecule has 0 aliphatic carbocycles. The first-order valence-corrected chi connectivity index (χ1v) is 9.30. The van der Waals surface area contributed by atoms with E-state index in [1.54, 1.807) is 12.3 Å². The van der Waals surface area contributed by atoms with Gasteiger partial charge in [-0.3, -0.25) is 10.1 Å². The van der Waals surface area contributed by atoms with Crippen molar-refractivity contribution in [2.75, 3.05) is 5.32 Å². The van der Waals surface area contributed by atoms with Crippen LogP contribution in [-0.4, -0.2) is 10.9 Å². The number of aromatic nitrogens is 1. The SMILES string of the molecule is Cc1ccc(Cc2cnc(NC(=O)C(C#N)=Cc3cccs3)s2)cc1. The minimum Gasteiger partial charge on any atom is -0.297 e. The van der Waals surface area contributed by atoms with Gasteiger partial charge in [-0.15, -0.1) is 22.7 Å². The molecule has 25 heavy (non-hydrogen) atoms. The lowest BCUT2D eigenvalue weighted by molar-refractivity contribution is -0.112. The van der Waals surface area contributed by atoms with E-state index >= 15 is 0 Å². The molecule has 124 valence electrons. The van der Waals surface area contributed by atoms with Crippen LogP contribution in [-0.2, 0) is 11.2 Å². The zero-order chi connectivity index (χ0) is 17.6. The van der Waals surface area contributed by atoms with Crippen LogP contribution >= 0.6 is 22.7 Å². The van der Waals surface area contributed by atoms with Gasteiger partial charge >= 0.3 is 0 Å². The summed E-state index contributed by atoms with van der Waals surface area (Å²) in [6, 6.07) is 14.0. The molecule has 1 amide bonds. The molecule has 0 spiro atoms. The van der Waals surface area contributed by atoms with Crippen LogP contribution in [0.5, 0.6) is 0 Å². The number of aryl methyl sites for hydroxylation is 1. The zero-order valence-corrected chi connectivity index (χ0v) is 15.2. The number of hydrogen-bond acceptors (Lipinski definition) is 5. The normalized spacial score (nSPS) is 11.1. The van der Waals surface area contributed by atoms with E-state index in [-0.39, 0.29) is 5.57 Å². The smallest absolute Gasteiger partial charge is 0.268 e. The van der Waals surface area contributed by atoms with Crippen molar-refractivity contribution >= 4 is 39.8 Å². The van der Waals surface area contributed by atoms with Crippen LogP contribution in [0.15, 0.2) is 53.5 Å². The summed E-state index contributed by atoms with van der Waals surface area (Å²) in [4.78, 5) is 18.4. The lowest BCUT2D eigenvalue weighted by atomic mass is 10.1. The molecule has 6 heteroatoms. The Hall–Kier alpha value is -2.75. The standard InChI is InChI=1S/C19H15N3OS2/c1-13-4-6-14(7-5-13)9-17-12-21-19(25-17)22-18(23)15(11-20)10-16-3-2-8-24-16/h2-8,10,12H,9H2,1H3,(H,21,22,23). The Balaban J connectivity index is 1.67. The van der Waals surface area contributed by atoms with E-state index in [1.165, 1.54) is 33.8 Å². The number of nitrogens with one attached hydrogen (secondary N) is 1. The van der Waals surface area contributed by atoms with Crippen molar-refractivity contribution in [1.29, 1.82) is 5.26 Å². The molecular formula is C19H15N3OS2. The van der Waals surface area contributed by atoms with Gasteiger partial charge in [-0.2, -0.15) is 5.26 Å². The van der Waals surface area contributed by atoms with Crippen molar-refractivity contribution in [2.24, 2.45) is 0 Å². The average molecular weight is 365 g/mol. The van der Waals surface area contributed by atoms with E-state index in [1.807, 2.05) is 23.6 Å². The number of nitrogens with zero attached hydrogens (tertiary/aromatic N) is 2. The van der Waals surface area contributed by atoms with Gasteiger partial charge in [0.2, 0.25) is 0 Å². The highest BCUT2D eigenvalue weighted by atomic mass is 32.1. The van der Waals surface area contributed by atoms with Gasteiger partial charge in [0, 0.05) is 22.4 Å². The van der Waals surface area contributed by atoms with Gasteiger partial charge in [0.1, 0.15) is 11.6 Å². The number of amides is 1. The summed E-state index contributed by atoms with van der Waals surface area (Å²) in [5.41, 5.74) is 2.49. The number of hydrogen-bond donors (Lipinski definition) is 1. The van der Waals surface area contributed by atoms with Gasteiger partial charge in [0.05, 0.1) is 0 Å². The number of anilines is 1. The van der Waals surface area contributed by atoms with Crippen LogP contribution in [0.4, 0.5) is 5.13 Å². The van der Waals surface area contributed by atoms with Gasteiger partial charge < -0.3 is 0 Å². The second kappa shape index (κ2) is 7.88. The summed E-state index contributed by atoms with van der Waals surface area (Å²) in [5.74, 6) is -0.438. The molecule has 0 unspecified atom stereocenters. The van der Waals surface area contributed by atoms with Crippen LogP contribution in [0.2, 0.25) is 0 Å². The number of carbonyl (C=O) groups is 1. The molecule has 1 aromatic carbocycles. The molecule has 0 bridgehead atoms. The van der Waals surface area contributed by atoms with Gasteiger partial charge in [0.25, 0.3) is 5.91 Å². The summed E-state index contributed by atoms with van der Waals surface area (Å²) in [6.07, 6.45) is 4.11. The largest absolute Gasteiger partial charge is 0.297 e. The Bertz CT molecular complexity index is 932. The van der Waals surface area contributed by atoms with Gasteiger partial charge in [-0.05, 0) is 30.0 Å². The highest BCUT2D eigenvalue weighted by Crippen LogP contribution is 2.22. The molecule has 4 nitrogen and oxygen atoms in total. The van der Waals surface area contributed by atoms with Crippen LogP contribution in [0.1, 0.15) is 20.9 Å². The first-order valence-electron chi connectivity index (χ1n) is 7.61. The van der Waals surface area contributed by atoms with Crippen molar-refractivity contribution in [1.82, 2.24) is 4.98 Å². The van der Waals surface area contributed by atoms with Gasteiger partial charge in [0.15, 0.2) is 5.13 Å². The van der Waals surface area contributed by atoms with Gasteiger partial charge in [-0.25, -0.2) is 4.98 Å². The molecule has 2 heterocycles. The maximum atomic E-state index is 12.2. The first-order chi connectivity index (χ1) is 12.1. The average Bonchev–Trinajstić information content (AvgIpc) is 3.26. The number of carbonyl (C=O) groups excluding carboxylic acids is 1. The van der Waals surface area contributed by atoms with E-state index in [4.69, 9.17) is 0 Å². The van der Waals surface area contributed by atoms with Crippen molar-refractivity contribution < 1.29 is 4.79 Å². The molecular weight excluding hydrogens is 350 g/mol. The third kappa shape index (κ3) is 4.63. The molecule has 3 aromatic rings. The Labute approximate surface area is 154 Å². The molecule has 1 N–H and O–H groups in total. The number of benzene rings is 1. The summed E-state index contributed by atoms with van der Waals surface area (Å²) < 4.78 is 0. The van der Waals surface area contributed by atoms with E-state index in [0.29, 0.717) is 5.13 Å². The Morgan fingerprint density at radius 2 is 2.12 bits per heavy atom. The van der Waals surface area contributed by atoms with Gasteiger partial charge in [-0.1, -0.05) is 35.9 Å². The fourth-order valence-electron chi connectivity index (χ4n) is 2.18. The number of thiazole rings is 1. The quantitative estimate of drug-likeness (QED) is 0.529. The third-order valence-corrected chi connectivity index (χ3v) is 5.20. The lowest BCUT2D eigenvalue weighted by Gasteiger charge is -2.00. The van der Waals surface area contributed by atoms with E-state index in [0.717, 1.165) is 16.2 Å².